The summed E-state index contributed by atoms with van der Waals surface area (Å²) < 4.78 is 44.4. The number of fused-ring (bicyclic) bond motifs is 2. The maximum atomic E-state index is 16.7. The first-order valence-electron chi connectivity index (χ1n) is 27.0. The Labute approximate surface area is 433 Å². The van der Waals surface area contributed by atoms with Crippen LogP contribution in [0.15, 0.2) is 48.5 Å². The molecule has 20 heteroatoms. The second-order valence-corrected chi connectivity index (χ2v) is 22.4. The van der Waals surface area contributed by atoms with Crippen LogP contribution in [0.4, 0.5) is 29.7 Å². The maximum absolute atomic E-state index is 16.7. The van der Waals surface area contributed by atoms with Crippen molar-refractivity contribution >= 4 is 57.4 Å². The summed E-state index contributed by atoms with van der Waals surface area (Å²) in [6, 6.07) is 11.7. The zero-order valence-electron chi connectivity index (χ0n) is 42.7. The van der Waals surface area contributed by atoms with Crippen LogP contribution >= 0.6 is 0 Å². The predicted molar refractivity (Wildman–Crippen MR) is 275 cm³/mol. The third-order valence-electron chi connectivity index (χ3n) is 17.2. The standard InChI is InChI=1S/C55H68F2N10O8/c1-55(2)17-21-64(22-18-55)48-36(56)29-35(30-37(48)57)67-42(33-7-9-38-40(27-33)60-49(58-38)44-5-3-19-65(44)51(68)46(62-53(70)71)31-13-23-74-24-14-31)11-12-43(67)34-8-10-39-41(28-34)61-50(59-39)45-6-4-20-66(45)52(69)47(63-54(72)73)32-15-25-75-26-16-32/h7-10,27-32,42-47,62-63H,3-6,11-26H2,1-2H3,(H,58,60)(H,59,61)(H,70,71)(H,72,73)/t42-,43-,44+,45+,46+,47+/m1/s1. The Hall–Kier alpha value is -6.54. The molecule has 6 aliphatic rings. The number of nitrogens with one attached hydrogen (secondary N) is 4. The van der Waals surface area contributed by atoms with Crippen molar-refractivity contribution in [1.82, 2.24) is 40.4 Å². The minimum absolute atomic E-state index is 0.00567. The highest BCUT2D eigenvalue weighted by atomic mass is 19.1. The molecule has 4 amide bonds. The molecule has 0 saturated carbocycles. The van der Waals surface area contributed by atoms with Gasteiger partial charge in [0.25, 0.3) is 0 Å². The van der Waals surface area contributed by atoms with E-state index in [0.29, 0.717) is 132 Å². The van der Waals surface area contributed by atoms with Crippen LogP contribution in [0.3, 0.4) is 0 Å². The van der Waals surface area contributed by atoms with Crippen molar-refractivity contribution in [3.63, 3.8) is 0 Å². The topological polar surface area (TPSA) is 222 Å². The number of H-pyrrole nitrogens is 2. The monoisotopic (exact) mass is 1030 g/mol. The third kappa shape index (κ3) is 10.2. The van der Waals surface area contributed by atoms with Gasteiger partial charge >= 0.3 is 12.2 Å². The molecule has 6 fully saturated rings. The lowest BCUT2D eigenvalue weighted by molar-refractivity contribution is -0.137. The summed E-state index contributed by atoms with van der Waals surface area (Å²) >= 11 is 0. The van der Waals surface area contributed by atoms with E-state index in [2.05, 4.69) is 39.3 Å². The van der Waals surface area contributed by atoms with Gasteiger partial charge in [-0.25, -0.2) is 28.3 Å². The number of ether oxygens (including phenoxy) is 2. The van der Waals surface area contributed by atoms with Crippen LogP contribution < -0.4 is 20.4 Å². The number of hydrogen-bond acceptors (Lipinski definition) is 10. The number of amides is 4. The van der Waals surface area contributed by atoms with E-state index >= 15 is 8.78 Å². The fourth-order valence-corrected chi connectivity index (χ4v) is 13.1. The van der Waals surface area contributed by atoms with Crippen molar-refractivity contribution in [2.45, 2.75) is 127 Å². The second kappa shape index (κ2) is 20.9. The fraction of sp³-hybridized carbons (Fsp3) is 0.564. The van der Waals surface area contributed by atoms with E-state index in [0.717, 1.165) is 47.8 Å². The Balaban J connectivity index is 0.901. The van der Waals surface area contributed by atoms with Gasteiger partial charge in [0, 0.05) is 58.3 Å². The van der Waals surface area contributed by atoms with Gasteiger partial charge in [-0.3, -0.25) is 9.59 Å². The van der Waals surface area contributed by atoms with Crippen LogP contribution in [0.2, 0.25) is 0 Å². The van der Waals surface area contributed by atoms with Crippen LogP contribution in [-0.4, -0.2) is 129 Å². The van der Waals surface area contributed by atoms with Crippen molar-refractivity contribution in [1.29, 1.82) is 0 Å². The third-order valence-corrected chi connectivity index (χ3v) is 17.2. The number of carbonyl (C=O) groups excluding carboxylic acids is 2. The molecule has 0 unspecified atom stereocenters. The van der Waals surface area contributed by atoms with E-state index in [1.54, 1.807) is 9.80 Å². The lowest BCUT2D eigenvalue weighted by atomic mass is 9.82. The minimum atomic E-state index is -1.24. The van der Waals surface area contributed by atoms with Crippen LogP contribution in [-0.2, 0) is 19.1 Å². The Morgan fingerprint density at radius 2 is 1.07 bits per heavy atom. The molecule has 5 aromatic rings. The summed E-state index contributed by atoms with van der Waals surface area (Å²) in [6.07, 6.45) is 5.59. The number of aromatic nitrogens is 4. The quantitative estimate of drug-likeness (QED) is 0.0690. The van der Waals surface area contributed by atoms with Gasteiger partial charge in [0.05, 0.1) is 46.2 Å². The SMILES string of the molecule is CC1(C)CCN(c2c(F)cc(N3[C@@H](c4ccc5nc([C@@H]6CCCN6C(=O)[C@@H](NC(=O)O)C6CCOCC6)[nH]c5c4)CC[C@@H]3c3ccc4nc([C@@H]5CCCN5C(=O)[C@@H](NC(=O)O)C5CCOCC5)[nH]c4c3)cc2F)CC1. The lowest BCUT2D eigenvalue weighted by Crippen LogP contribution is -2.52. The predicted octanol–water partition coefficient (Wildman–Crippen LogP) is 8.88. The number of anilines is 2. The molecule has 2 aromatic heterocycles. The highest BCUT2D eigenvalue weighted by molar-refractivity contribution is 5.87. The first kappa shape index (κ1) is 50.6. The summed E-state index contributed by atoms with van der Waals surface area (Å²) in [6.45, 7) is 8.30. The second-order valence-electron chi connectivity index (χ2n) is 22.4. The first-order chi connectivity index (χ1) is 36.2. The molecule has 0 aliphatic carbocycles. The molecule has 75 heavy (non-hydrogen) atoms. The zero-order chi connectivity index (χ0) is 52.1. The highest BCUT2D eigenvalue weighted by Crippen LogP contribution is 2.49. The van der Waals surface area contributed by atoms with Crippen molar-refractivity contribution < 1.29 is 47.6 Å². The van der Waals surface area contributed by atoms with Crippen LogP contribution in [0.5, 0.6) is 0 Å². The average molecular weight is 1040 g/mol. The molecule has 8 heterocycles. The molecule has 0 spiro atoms. The fourth-order valence-electron chi connectivity index (χ4n) is 13.1. The number of rotatable bonds is 12. The summed E-state index contributed by atoms with van der Waals surface area (Å²) in [4.78, 5) is 76.7. The highest BCUT2D eigenvalue weighted by Gasteiger charge is 2.43. The molecule has 0 bridgehead atoms. The van der Waals surface area contributed by atoms with Gasteiger partial charge in [-0.05, 0) is 142 Å². The average Bonchev–Trinajstić information content (AvgIpc) is 4.27. The zero-order valence-corrected chi connectivity index (χ0v) is 42.7. The molecular weight excluding hydrogens is 967 g/mol. The molecule has 11 rings (SSSR count). The number of hydrogen-bond donors (Lipinski definition) is 6. The van der Waals surface area contributed by atoms with E-state index in [-0.39, 0.29) is 58.9 Å². The van der Waals surface area contributed by atoms with Crippen molar-refractivity contribution in [2.24, 2.45) is 17.3 Å². The van der Waals surface area contributed by atoms with E-state index in [1.165, 1.54) is 12.1 Å². The Kier molecular flexibility index (Phi) is 14.1. The van der Waals surface area contributed by atoms with Gasteiger partial charge in [-0.2, -0.15) is 0 Å². The molecule has 400 valence electrons. The number of carbonyl (C=O) groups is 4. The van der Waals surface area contributed by atoms with Gasteiger partial charge in [0.15, 0.2) is 11.6 Å². The number of carboxylic acid groups (broad SMARTS) is 2. The van der Waals surface area contributed by atoms with Crippen LogP contribution in [0.25, 0.3) is 22.1 Å². The van der Waals surface area contributed by atoms with E-state index in [1.807, 2.05) is 41.3 Å². The molecule has 6 atom stereocenters. The number of halogens is 2. The van der Waals surface area contributed by atoms with Crippen molar-refractivity contribution in [3.05, 3.63) is 82.9 Å². The minimum Gasteiger partial charge on any atom is -0.465 e. The normalized spacial score (nSPS) is 24.5. The van der Waals surface area contributed by atoms with Gasteiger partial charge in [-0.15, -0.1) is 0 Å². The van der Waals surface area contributed by atoms with Gasteiger partial charge < -0.3 is 59.9 Å². The lowest BCUT2D eigenvalue weighted by Gasteiger charge is -2.39. The summed E-state index contributed by atoms with van der Waals surface area (Å²) in [5.41, 5.74) is 5.23. The smallest absolute Gasteiger partial charge is 0.405 e. The molecule has 18 nitrogen and oxygen atoms in total. The van der Waals surface area contributed by atoms with E-state index in [4.69, 9.17) is 19.4 Å². The van der Waals surface area contributed by atoms with Gasteiger partial charge in [0.1, 0.15) is 29.4 Å². The first-order valence-corrected chi connectivity index (χ1v) is 27.0. The van der Waals surface area contributed by atoms with Gasteiger partial charge in [-0.1, -0.05) is 26.0 Å². The molecule has 6 N–H and O–H groups in total. The summed E-state index contributed by atoms with van der Waals surface area (Å²) in [5.74, 6) is -0.883. The maximum Gasteiger partial charge on any atom is 0.405 e. The Morgan fingerprint density at radius 3 is 1.49 bits per heavy atom. The molecular formula is C55H68F2N10O8. The molecule has 3 aromatic carbocycles. The number of nitrogens with zero attached hydrogens (tertiary/aromatic N) is 6. The van der Waals surface area contributed by atoms with Crippen LogP contribution in [0, 0.1) is 28.9 Å². The molecule has 0 radical (unpaired) electrons. The van der Waals surface area contributed by atoms with Crippen molar-refractivity contribution in [2.75, 3.05) is 62.4 Å². The van der Waals surface area contributed by atoms with E-state index < -0.39 is 35.9 Å². The number of piperidine rings is 1. The number of aromatic amines is 2. The number of likely N-dealkylation sites (tertiary alicyclic amines) is 2. The molecule has 6 saturated heterocycles. The largest absolute Gasteiger partial charge is 0.465 e. The van der Waals surface area contributed by atoms with Gasteiger partial charge in [0.2, 0.25) is 11.8 Å². The Morgan fingerprint density at radius 1 is 0.627 bits per heavy atom. The summed E-state index contributed by atoms with van der Waals surface area (Å²) in [5, 5.41) is 24.5. The molecule has 6 aliphatic heterocycles. The number of imidazole rings is 2. The summed E-state index contributed by atoms with van der Waals surface area (Å²) in [7, 11) is 0. The Bertz CT molecular complexity index is 2770. The van der Waals surface area contributed by atoms with E-state index in [9.17, 15) is 29.4 Å². The van der Waals surface area contributed by atoms with Crippen molar-refractivity contribution in [3.8, 4) is 0 Å². The van der Waals surface area contributed by atoms with Crippen LogP contribution in [0.1, 0.15) is 138 Å². The number of benzene rings is 3.